The first-order valence-electron chi connectivity index (χ1n) is 6.67. The summed E-state index contributed by atoms with van der Waals surface area (Å²) >= 11 is 0. The van der Waals surface area contributed by atoms with Crippen molar-refractivity contribution in [1.29, 1.82) is 5.26 Å². The molecule has 6 nitrogen and oxygen atoms in total. The molecule has 3 N–H and O–H groups in total. The van der Waals surface area contributed by atoms with Crippen molar-refractivity contribution in [2.24, 2.45) is 0 Å². The van der Waals surface area contributed by atoms with Crippen LogP contribution in [0.25, 0.3) is 0 Å². The van der Waals surface area contributed by atoms with Gasteiger partial charge in [0.15, 0.2) is 0 Å². The maximum Gasteiger partial charge on any atom is 0.276 e. The largest absolute Gasteiger partial charge is 0.395 e. The standard InChI is InChI=1S/C15H17N5O/c1-3-20-14(13(17)10(2)19-20)15(21)18-12-6-4-11(5-7-12)8-9-16/h4-7H,3,8,17H2,1-2H3,(H,18,21). The van der Waals surface area contributed by atoms with E-state index < -0.39 is 0 Å². The highest BCUT2D eigenvalue weighted by Gasteiger charge is 2.19. The smallest absolute Gasteiger partial charge is 0.276 e. The van der Waals surface area contributed by atoms with Gasteiger partial charge in [0.1, 0.15) is 5.69 Å². The lowest BCUT2D eigenvalue weighted by atomic mass is 10.1. The van der Waals surface area contributed by atoms with E-state index in [9.17, 15) is 4.79 Å². The number of anilines is 2. The van der Waals surface area contributed by atoms with Crippen LogP contribution in [0.2, 0.25) is 0 Å². The Morgan fingerprint density at radius 1 is 1.43 bits per heavy atom. The van der Waals surface area contributed by atoms with Gasteiger partial charge < -0.3 is 11.1 Å². The molecular formula is C15H17N5O. The highest BCUT2D eigenvalue weighted by molar-refractivity contribution is 6.06. The number of rotatable bonds is 4. The number of nitrogens with two attached hydrogens (primary N) is 1. The number of nitrogen functional groups attached to an aromatic ring is 1. The Labute approximate surface area is 123 Å². The maximum atomic E-state index is 12.3. The molecule has 0 radical (unpaired) electrons. The van der Waals surface area contributed by atoms with E-state index in [4.69, 9.17) is 11.0 Å². The third kappa shape index (κ3) is 3.03. The van der Waals surface area contributed by atoms with Gasteiger partial charge in [0.25, 0.3) is 5.91 Å². The van der Waals surface area contributed by atoms with Gasteiger partial charge >= 0.3 is 0 Å². The molecule has 0 saturated carbocycles. The summed E-state index contributed by atoms with van der Waals surface area (Å²) in [7, 11) is 0. The maximum absolute atomic E-state index is 12.3. The fourth-order valence-corrected chi connectivity index (χ4v) is 2.05. The minimum atomic E-state index is -0.289. The van der Waals surface area contributed by atoms with Crippen molar-refractivity contribution in [3.05, 3.63) is 41.2 Å². The van der Waals surface area contributed by atoms with Crippen LogP contribution in [0.4, 0.5) is 11.4 Å². The van der Waals surface area contributed by atoms with Crippen LogP contribution in [0.3, 0.4) is 0 Å². The van der Waals surface area contributed by atoms with Crippen LogP contribution in [0.15, 0.2) is 24.3 Å². The zero-order valence-electron chi connectivity index (χ0n) is 12.1. The van der Waals surface area contributed by atoms with Gasteiger partial charge in [0.2, 0.25) is 0 Å². The van der Waals surface area contributed by atoms with Crippen LogP contribution in [0, 0.1) is 18.3 Å². The summed E-state index contributed by atoms with van der Waals surface area (Å²) < 4.78 is 1.59. The van der Waals surface area contributed by atoms with Crippen LogP contribution in [0.5, 0.6) is 0 Å². The summed E-state index contributed by atoms with van der Waals surface area (Å²) in [6, 6.07) is 9.23. The molecule has 6 heteroatoms. The van der Waals surface area contributed by atoms with Crippen molar-refractivity contribution in [3.8, 4) is 6.07 Å². The molecule has 0 spiro atoms. The molecule has 0 aliphatic carbocycles. The predicted octanol–water partition coefficient (Wildman–Crippen LogP) is 2.11. The second kappa shape index (κ2) is 6.09. The summed E-state index contributed by atoms with van der Waals surface area (Å²) in [5, 5.41) is 15.6. The van der Waals surface area contributed by atoms with Crippen LogP contribution < -0.4 is 11.1 Å². The molecule has 0 unspecified atom stereocenters. The van der Waals surface area contributed by atoms with Crippen molar-refractivity contribution in [2.45, 2.75) is 26.8 Å². The van der Waals surface area contributed by atoms with Crippen molar-refractivity contribution in [2.75, 3.05) is 11.1 Å². The number of nitrogens with zero attached hydrogens (tertiary/aromatic N) is 3. The number of aromatic nitrogens is 2. The minimum Gasteiger partial charge on any atom is -0.395 e. The molecular weight excluding hydrogens is 266 g/mol. The van der Waals surface area contributed by atoms with E-state index in [1.165, 1.54) is 0 Å². The minimum absolute atomic E-state index is 0.289. The molecule has 0 fully saturated rings. The molecule has 1 heterocycles. The second-order valence-electron chi connectivity index (χ2n) is 4.65. The van der Waals surface area contributed by atoms with Crippen LogP contribution in [0.1, 0.15) is 28.7 Å². The van der Waals surface area contributed by atoms with Gasteiger partial charge in [0, 0.05) is 12.2 Å². The average Bonchev–Trinajstić information content (AvgIpc) is 2.76. The first-order chi connectivity index (χ1) is 10.1. The third-order valence-electron chi connectivity index (χ3n) is 3.18. The number of hydrogen-bond acceptors (Lipinski definition) is 4. The van der Waals surface area contributed by atoms with Gasteiger partial charge in [-0.3, -0.25) is 9.48 Å². The Kier molecular flexibility index (Phi) is 4.24. The van der Waals surface area contributed by atoms with E-state index in [2.05, 4.69) is 16.5 Å². The van der Waals surface area contributed by atoms with Crippen molar-refractivity contribution >= 4 is 17.3 Å². The molecule has 1 aromatic carbocycles. The van der Waals surface area contributed by atoms with E-state index in [1.807, 2.05) is 19.1 Å². The number of hydrogen-bond donors (Lipinski definition) is 2. The highest BCUT2D eigenvalue weighted by Crippen LogP contribution is 2.18. The molecule has 1 amide bonds. The van der Waals surface area contributed by atoms with Crippen molar-refractivity contribution in [1.82, 2.24) is 9.78 Å². The van der Waals surface area contributed by atoms with Gasteiger partial charge in [-0.05, 0) is 31.5 Å². The number of nitriles is 1. The third-order valence-corrected chi connectivity index (χ3v) is 3.18. The highest BCUT2D eigenvalue weighted by atomic mass is 16.2. The normalized spacial score (nSPS) is 10.1. The van der Waals surface area contributed by atoms with E-state index in [-0.39, 0.29) is 5.91 Å². The monoisotopic (exact) mass is 283 g/mol. The lowest BCUT2D eigenvalue weighted by molar-refractivity contribution is 0.101. The summed E-state index contributed by atoms with van der Waals surface area (Å²) in [6.45, 7) is 4.25. The molecule has 0 saturated heterocycles. The molecule has 0 bridgehead atoms. The summed E-state index contributed by atoms with van der Waals surface area (Å²) in [5.74, 6) is -0.289. The number of aryl methyl sites for hydroxylation is 2. The SMILES string of the molecule is CCn1nc(C)c(N)c1C(=O)Nc1ccc(CC#N)cc1. The quantitative estimate of drug-likeness (QED) is 0.898. The molecule has 2 rings (SSSR count). The Bertz CT molecular complexity index is 694. The molecule has 2 aromatic rings. The molecule has 0 aliphatic rings. The number of benzene rings is 1. The summed E-state index contributed by atoms with van der Waals surface area (Å²) in [6.07, 6.45) is 0.350. The number of nitrogens with one attached hydrogen (secondary N) is 1. The predicted molar refractivity (Wildman–Crippen MR) is 80.8 cm³/mol. The number of amides is 1. The molecule has 0 aliphatic heterocycles. The topological polar surface area (TPSA) is 96.7 Å². The van der Waals surface area contributed by atoms with Crippen LogP contribution >= 0.6 is 0 Å². The summed E-state index contributed by atoms with van der Waals surface area (Å²) in [4.78, 5) is 12.3. The fourth-order valence-electron chi connectivity index (χ4n) is 2.05. The van der Waals surface area contributed by atoms with E-state index in [0.717, 1.165) is 5.56 Å². The van der Waals surface area contributed by atoms with Gasteiger partial charge in [-0.25, -0.2) is 0 Å². The van der Waals surface area contributed by atoms with Crippen molar-refractivity contribution in [3.63, 3.8) is 0 Å². The van der Waals surface area contributed by atoms with Crippen molar-refractivity contribution < 1.29 is 4.79 Å². The molecule has 21 heavy (non-hydrogen) atoms. The van der Waals surface area contributed by atoms with E-state index >= 15 is 0 Å². The molecule has 1 aromatic heterocycles. The van der Waals surface area contributed by atoms with E-state index in [1.54, 1.807) is 23.7 Å². The first-order valence-corrected chi connectivity index (χ1v) is 6.67. The van der Waals surface area contributed by atoms with Gasteiger partial charge in [0.05, 0.1) is 23.9 Å². The van der Waals surface area contributed by atoms with Gasteiger partial charge in [-0.1, -0.05) is 12.1 Å². The lowest BCUT2D eigenvalue weighted by Gasteiger charge is -2.08. The van der Waals surface area contributed by atoms with Crippen LogP contribution in [-0.2, 0) is 13.0 Å². The fraction of sp³-hybridized carbons (Fsp3) is 0.267. The van der Waals surface area contributed by atoms with Gasteiger partial charge in [-0.15, -0.1) is 0 Å². The molecule has 108 valence electrons. The van der Waals surface area contributed by atoms with Gasteiger partial charge in [-0.2, -0.15) is 10.4 Å². The van der Waals surface area contributed by atoms with E-state index in [0.29, 0.717) is 35.7 Å². The Hall–Kier alpha value is -2.81. The number of carbonyl (C=O) groups excluding carboxylic acids is 1. The number of carbonyl (C=O) groups is 1. The summed E-state index contributed by atoms with van der Waals surface area (Å²) in [5.41, 5.74) is 8.89. The lowest BCUT2D eigenvalue weighted by Crippen LogP contribution is -2.18. The Balaban J connectivity index is 2.20. The van der Waals surface area contributed by atoms with Crippen LogP contribution in [-0.4, -0.2) is 15.7 Å². The second-order valence-corrected chi connectivity index (χ2v) is 4.65. The zero-order valence-corrected chi connectivity index (χ0v) is 12.1. The Morgan fingerprint density at radius 2 is 2.10 bits per heavy atom. The Morgan fingerprint density at radius 3 is 2.67 bits per heavy atom. The molecule has 0 atom stereocenters. The zero-order chi connectivity index (χ0) is 15.4. The average molecular weight is 283 g/mol. The first kappa shape index (κ1) is 14.6.